The summed E-state index contributed by atoms with van der Waals surface area (Å²) in [6.07, 6.45) is 4.25. The van der Waals surface area contributed by atoms with Crippen molar-refractivity contribution < 1.29 is 0 Å². The maximum absolute atomic E-state index is 4.56. The van der Waals surface area contributed by atoms with Crippen molar-refractivity contribution in [1.82, 2.24) is 9.55 Å². The van der Waals surface area contributed by atoms with E-state index in [-0.39, 0.29) is 0 Å². The summed E-state index contributed by atoms with van der Waals surface area (Å²) in [5.74, 6) is 0.989. The largest absolute Gasteiger partial charge is 0.353 e. The molecule has 0 bridgehead atoms. The molecule has 1 heterocycles. The molecule has 2 rings (SSSR count). The predicted octanol–water partition coefficient (Wildman–Crippen LogP) is 3.64. The minimum absolute atomic E-state index is 0.375. The number of rotatable bonds is 6. The smallest absolute Gasteiger partial charge is 0.203 e. The van der Waals surface area contributed by atoms with Crippen molar-refractivity contribution in [3.63, 3.8) is 0 Å². The van der Waals surface area contributed by atoms with E-state index in [0.717, 1.165) is 31.0 Å². The van der Waals surface area contributed by atoms with Crippen LogP contribution in [0.15, 0.2) is 36.5 Å². The summed E-state index contributed by atoms with van der Waals surface area (Å²) in [4.78, 5) is 4.56. The van der Waals surface area contributed by atoms with Crippen molar-refractivity contribution >= 4 is 5.95 Å². The second-order valence-corrected chi connectivity index (χ2v) is 5.13. The van der Waals surface area contributed by atoms with Crippen LogP contribution < -0.4 is 5.32 Å². The molecule has 2 aromatic rings. The third kappa shape index (κ3) is 3.85. The van der Waals surface area contributed by atoms with Gasteiger partial charge in [-0.2, -0.15) is 0 Å². The Hall–Kier alpha value is -1.77. The fourth-order valence-electron chi connectivity index (χ4n) is 2.31. The Bertz CT molecular complexity index is 502. The SMILES string of the molecule is CCCn1cc(C)nc1NC(C)Cc1ccccc1. The Morgan fingerprint density at radius 1 is 1.26 bits per heavy atom. The summed E-state index contributed by atoms with van der Waals surface area (Å²) in [6.45, 7) is 7.44. The van der Waals surface area contributed by atoms with Crippen LogP contribution in [-0.4, -0.2) is 15.6 Å². The molecule has 1 atom stereocenters. The van der Waals surface area contributed by atoms with Crippen LogP contribution in [0.25, 0.3) is 0 Å². The molecule has 0 saturated carbocycles. The third-order valence-corrected chi connectivity index (χ3v) is 3.12. The number of hydrogen-bond donors (Lipinski definition) is 1. The highest BCUT2D eigenvalue weighted by Crippen LogP contribution is 2.12. The molecule has 1 unspecified atom stereocenters. The zero-order valence-corrected chi connectivity index (χ0v) is 12.1. The lowest BCUT2D eigenvalue weighted by atomic mass is 10.1. The summed E-state index contributed by atoms with van der Waals surface area (Å²) in [6, 6.07) is 10.9. The Labute approximate surface area is 115 Å². The molecule has 0 radical (unpaired) electrons. The number of nitrogens with zero attached hydrogens (tertiary/aromatic N) is 2. The molecule has 0 saturated heterocycles. The molecular formula is C16H23N3. The highest BCUT2D eigenvalue weighted by molar-refractivity contribution is 5.31. The van der Waals surface area contributed by atoms with Gasteiger partial charge in [0, 0.05) is 18.8 Å². The van der Waals surface area contributed by atoms with E-state index in [9.17, 15) is 0 Å². The average molecular weight is 257 g/mol. The van der Waals surface area contributed by atoms with Crippen molar-refractivity contribution in [1.29, 1.82) is 0 Å². The highest BCUT2D eigenvalue weighted by Gasteiger charge is 2.09. The first-order chi connectivity index (χ1) is 9.19. The van der Waals surface area contributed by atoms with Crippen LogP contribution in [0, 0.1) is 6.92 Å². The zero-order valence-electron chi connectivity index (χ0n) is 12.1. The molecule has 102 valence electrons. The number of imidazole rings is 1. The third-order valence-electron chi connectivity index (χ3n) is 3.12. The maximum Gasteiger partial charge on any atom is 0.203 e. The molecule has 0 aliphatic carbocycles. The van der Waals surface area contributed by atoms with Gasteiger partial charge in [-0.25, -0.2) is 4.98 Å². The quantitative estimate of drug-likeness (QED) is 0.856. The summed E-state index contributed by atoms with van der Waals surface area (Å²) >= 11 is 0. The first-order valence-corrected chi connectivity index (χ1v) is 7.03. The van der Waals surface area contributed by atoms with E-state index in [1.54, 1.807) is 0 Å². The second kappa shape index (κ2) is 6.41. The van der Waals surface area contributed by atoms with Crippen molar-refractivity contribution in [3.05, 3.63) is 47.8 Å². The van der Waals surface area contributed by atoms with Crippen LogP contribution in [-0.2, 0) is 13.0 Å². The maximum atomic E-state index is 4.56. The van der Waals surface area contributed by atoms with Crippen LogP contribution in [0.5, 0.6) is 0 Å². The van der Waals surface area contributed by atoms with Crippen LogP contribution >= 0.6 is 0 Å². The van der Waals surface area contributed by atoms with Crippen LogP contribution in [0.2, 0.25) is 0 Å². The first-order valence-electron chi connectivity index (χ1n) is 7.03. The van der Waals surface area contributed by atoms with Crippen LogP contribution in [0.1, 0.15) is 31.5 Å². The van der Waals surface area contributed by atoms with Crippen molar-refractivity contribution in [2.75, 3.05) is 5.32 Å². The molecule has 0 aliphatic rings. The van der Waals surface area contributed by atoms with Gasteiger partial charge in [-0.15, -0.1) is 0 Å². The van der Waals surface area contributed by atoms with Gasteiger partial charge in [0.15, 0.2) is 0 Å². The molecule has 3 heteroatoms. The standard InChI is InChI=1S/C16H23N3/c1-4-10-19-12-14(3)18-16(19)17-13(2)11-15-8-6-5-7-9-15/h5-9,12-13H,4,10-11H2,1-3H3,(H,17,18). The van der Waals surface area contributed by atoms with Gasteiger partial charge in [0.2, 0.25) is 5.95 Å². The fraction of sp³-hybridized carbons (Fsp3) is 0.438. The molecule has 0 aliphatic heterocycles. The van der Waals surface area contributed by atoms with E-state index < -0.39 is 0 Å². The molecule has 19 heavy (non-hydrogen) atoms. The van der Waals surface area contributed by atoms with Gasteiger partial charge in [-0.05, 0) is 32.3 Å². The Kier molecular flexibility index (Phi) is 4.61. The zero-order chi connectivity index (χ0) is 13.7. The van der Waals surface area contributed by atoms with Gasteiger partial charge in [-0.1, -0.05) is 37.3 Å². The van der Waals surface area contributed by atoms with Gasteiger partial charge in [0.1, 0.15) is 0 Å². The number of nitrogens with one attached hydrogen (secondary N) is 1. The van der Waals surface area contributed by atoms with Gasteiger partial charge in [-0.3, -0.25) is 0 Å². The van der Waals surface area contributed by atoms with E-state index in [0.29, 0.717) is 6.04 Å². The molecular weight excluding hydrogens is 234 g/mol. The van der Waals surface area contributed by atoms with E-state index >= 15 is 0 Å². The van der Waals surface area contributed by atoms with Gasteiger partial charge in [0.05, 0.1) is 5.69 Å². The summed E-state index contributed by atoms with van der Waals surface area (Å²) < 4.78 is 2.21. The molecule has 0 fully saturated rings. The van der Waals surface area contributed by atoms with Gasteiger partial charge < -0.3 is 9.88 Å². The Balaban J connectivity index is 2.00. The summed E-state index contributed by atoms with van der Waals surface area (Å²) in [5, 5.41) is 3.52. The number of anilines is 1. The van der Waals surface area contributed by atoms with Gasteiger partial charge in [0.25, 0.3) is 0 Å². The lowest BCUT2D eigenvalue weighted by Crippen LogP contribution is -2.20. The van der Waals surface area contributed by atoms with E-state index in [1.807, 2.05) is 6.92 Å². The monoisotopic (exact) mass is 257 g/mol. The Morgan fingerprint density at radius 2 is 2.00 bits per heavy atom. The predicted molar refractivity (Wildman–Crippen MR) is 80.5 cm³/mol. The molecule has 3 nitrogen and oxygen atoms in total. The Morgan fingerprint density at radius 3 is 2.68 bits per heavy atom. The summed E-state index contributed by atoms with van der Waals surface area (Å²) in [5.41, 5.74) is 2.43. The molecule has 0 amide bonds. The van der Waals surface area contributed by atoms with E-state index in [1.165, 1.54) is 5.56 Å². The summed E-state index contributed by atoms with van der Waals surface area (Å²) in [7, 11) is 0. The lowest BCUT2D eigenvalue weighted by Gasteiger charge is -2.15. The molecule has 1 N–H and O–H groups in total. The highest BCUT2D eigenvalue weighted by atomic mass is 15.2. The van der Waals surface area contributed by atoms with Gasteiger partial charge >= 0.3 is 0 Å². The van der Waals surface area contributed by atoms with Crippen LogP contribution in [0.3, 0.4) is 0 Å². The molecule has 1 aromatic carbocycles. The normalized spacial score (nSPS) is 12.4. The molecule has 0 spiro atoms. The van der Waals surface area contributed by atoms with E-state index in [4.69, 9.17) is 0 Å². The number of hydrogen-bond acceptors (Lipinski definition) is 2. The molecule has 1 aromatic heterocycles. The fourth-order valence-corrected chi connectivity index (χ4v) is 2.31. The van der Waals surface area contributed by atoms with Crippen molar-refractivity contribution in [3.8, 4) is 0 Å². The van der Waals surface area contributed by atoms with Crippen molar-refractivity contribution in [2.24, 2.45) is 0 Å². The minimum Gasteiger partial charge on any atom is -0.353 e. The van der Waals surface area contributed by atoms with Crippen LogP contribution in [0.4, 0.5) is 5.95 Å². The number of aromatic nitrogens is 2. The topological polar surface area (TPSA) is 29.9 Å². The first kappa shape index (κ1) is 13.7. The second-order valence-electron chi connectivity index (χ2n) is 5.13. The number of aryl methyl sites for hydroxylation is 2. The lowest BCUT2D eigenvalue weighted by molar-refractivity contribution is 0.668. The van der Waals surface area contributed by atoms with E-state index in [2.05, 4.69) is 65.2 Å². The number of benzene rings is 1. The average Bonchev–Trinajstić information content (AvgIpc) is 2.71. The minimum atomic E-state index is 0.375. The van der Waals surface area contributed by atoms with Crippen molar-refractivity contribution in [2.45, 2.75) is 46.2 Å².